The van der Waals surface area contributed by atoms with Crippen molar-refractivity contribution in [1.82, 2.24) is 10.2 Å². The van der Waals surface area contributed by atoms with Gasteiger partial charge in [0.25, 0.3) is 5.69 Å². The molecule has 1 aromatic carbocycles. The van der Waals surface area contributed by atoms with Crippen molar-refractivity contribution in [1.29, 1.82) is 0 Å². The minimum Gasteiger partial charge on any atom is -0.296 e. The van der Waals surface area contributed by atoms with Gasteiger partial charge >= 0.3 is 0 Å². The molecule has 1 N–H and O–H groups in total. The number of carbonyl (C=O) groups excluding carboxylic acids is 1. The van der Waals surface area contributed by atoms with Gasteiger partial charge < -0.3 is 0 Å². The van der Waals surface area contributed by atoms with Gasteiger partial charge in [-0.15, -0.1) is 0 Å². The molecule has 0 aliphatic carbocycles. The number of H-pyrrole nitrogens is 1. The Bertz CT molecular complexity index is 589. The van der Waals surface area contributed by atoms with Crippen LogP contribution in [0.3, 0.4) is 0 Å². The van der Waals surface area contributed by atoms with E-state index in [1.165, 1.54) is 6.07 Å². The quantitative estimate of drug-likeness (QED) is 0.497. The summed E-state index contributed by atoms with van der Waals surface area (Å²) in [5.41, 5.74) is 2.08. The molecule has 2 aromatic rings. The van der Waals surface area contributed by atoms with Crippen molar-refractivity contribution in [2.45, 2.75) is 6.92 Å². The number of aromatic amines is 1. The molecule has 17 heavy (non-hydrogen) atoms. The van der Waals surface area contributed by atoms with Gasteiger partial charge in [0.15, 0.2) is 6.29 Å². The van der Waals surface area contributed by atoms with E-state index < -0.39 is 4.92 Å². The number of hydrogen-bond acceptors (Lipinski definition) is 4. The summed E-state index contributed by atoms with van der Waals surface area (Å²) in [6.07, 6.45) is 0.638. The van der Waals surface area contributed by atoms with Gasteiger partial charge in [0.2, 0.25) is 0 Å². The first-order chi connectivity index (χ1) is 8.11. The zero-order chi connectivity index (χ0) is 12.4. The summed E-state index contributed by atoms with van der Waals surface area (Å²) < 4.78 is 0. The van der Waals surface area contributed by atoms with Gasteiger partial charge in [0.05, 0.1) is 16.3 Å². The molecule has 0 aliphatic rings. The molecule has 0 saturated heterocycles. The molecule has 0 fully saturated rings. The van der Waals surface area contributed by atoms with E-state index in [1.54, 1.807) is 25.1 Å². The molecular formula is C11H9N3O3. The van der Waals surface area contributed by atoms with E-state index >= 15 is 0 Å². The largest absolute Gasteiger partial charge is 0.296 e. The van der Waals surface area contributed by atoms with E-state index in [4.69, 9.17) is 0 Å². The average molecular weight is 231 g/mol. The van der Waals surface area contributed by atoms with Crippen molar-refractivity contribution >= 4 is 12.0 Å². The maximum atomic E-state index is 10.8. The van der Waals surface area contributed by atoms with Crippen LogP contribution in [-0.4, -0.2) is 21.4 Å². The lowest BCUT2D eigenvalue weighted by molar-refractivity contribution is -0.385. The monoisotopic (exact) mass is 231 g/mol. The molecule has 0 radical (unpaired) electrons. The summed E-state index contributed by atoms with van der Waals surface area (Å²) in [6.45, 7) is 1.67. The van der Waals surface area contributed by atoms with Crippen LogP contribution in [0.15, 0.2) is 24.3 Å². The van der Waals surface area contributed by atoms with Gasteiger partial charge in [-0.3, -0.25) is 20.0 Å². The molecule has 0 saturated carbocycles. The number of carbonyl (C=O) groups is 1. The van der Waals surface area contributed by atoms with E-state index in [-0.39, 0.29) is 5.69 Å². The first-order valence-electron chi connectivity index (χ1n) is 4.88. The molecule has 0 unspecified atom stereocenters. The van der Waals surface area contributed by atoms with Crippen LogP contribution in [0.4, 0.5) is 5.69 Å². The van der Waals surface area contributed by atoms with Crippen LogP contribution in [0.1, 0.15) is 16.1 Å². The molecular weight excluding hydrogens is 222 g/mol. The van der Waals surface area contributed by atoms with Crippen molar-refractivity contribution in [2.24, 2.45) is 0 Å². The third-order valence-corrected chi connectivity index (χ3v) is 2.43. The topological polar surface area (TPSA) is 88.9 Å². The van der Waals surface area contributed by atoms with Gasteiger partial charge in [0.1, 0.15) is 0 Å². The highest BCUT2D eigenvalue weighted by molar-refractivity contribution is 5.75. The molecule has 6 heteroatoms. The standard InChI is InChI=1S/C11H9N3O3/c1-7-2-3-8(4-11(7)14(16)17)10-5-9(6-15)12-13-10/h2-6H,1H3,(H,12,13). The Morgan fingerprint density at radius 2 is 2.18 bits per heavy atom. The first kappa shape index (κ1) is 11.0. The fourth-order valence-corrected chi connectivity index (χ4v) is 1.51. The number of hydrogen-bond donors (Lipinski definition) is 1. The van der Waals surface area contributed by atoms with Gasteiger partial charge in [-0.25, -0.2) is 0 Å². The van der Waals surface area contributed by atoms with Gasteiger partial charge in [-0.05, 0) is 13.0 Å². The lowest BCUT2D eigenvalue weighted by Crippen LogP contribution is -1.92. The number of nitro benzene ring substituents is 1. The Balaban J connectivity index is 2.49. The third kappa shape index (κ3) is 2.05. The van der Waals surface area contributed by atoms with Crippen molar-refractivity contribution in [3.63, 3.8) is 0 Å². The highest BCUT2D eigenvalue weighted by Gasteiger charge is 2.13. The van der Waals surface area contributed by atoms with Crippen molar-refractivity contribution < 1.29 is 9.72 Å². The molecule has 86 valence electrons. The number of rotatable bonds is 3. The Morgan fingerprint density at radius 1 is 1.41 bits per heavy atom. The summed E-state index contributed by atoms with van der Waals surface area (Å²) in [5.74, 6) is 0. The lowest BCUT2D eigenvalue weighted by atomic mass is 10.1. The Morgan fingerprint density at radius 3 is 2.76 bits per heavy atom. The smallest absolute Gasteiger partial charge is 0.272 e. The summed E-state index contributed by atoms with van der Waals surface area (Å²) in [4.78, 5) is 20.9. The van der Waals surface area contributed by atoms with Gasteiger partial charge in [-0.2, -0.15) is 5.10 Å². The summed E-state index contributed by atoms with van der Waals surface area (Å²) in [5, 5.41) is 17.2. The molecule has 1 aromatic heterocycles. The van der Waals surface area contributed by atoms with E-state index in [9.17, 15) is 14.9 Å². The van der Waals surface area contributed by atoms with Crippen LogP contribution in [0.5, 0.6) is 0 Å². The van der Waals surface area contributed by atoms with Crippen LogP contribution in [-0.2, 0) is 0 Å². The summed E-state index contributed by atoms with van der Waals surface area (Å²) in [6, 6.07) is 6.37. The fraction of sp³-hybridized carbons (Fsp3) is 0.0909. The molecule has 1 heterocycles. The predicted octanol–water partition coefficient (Wildman–Crippen LogP) is 2.11. The maximum Gasteiger partial charge on any atom is 0.272 e. The van der Waals surface area contributed by atoms with Gasteiger partial charge in [-0.1, -0.05) is 12.1 Å². The highest BCUT2D eigenvalue weighted by Crippen LogP contribution is 2.25. The molecule has 0 spiro atoms. The molecule has 0 aliphatic heterocycles. The molecule has 2 rings (SSSR count). The van der Waals surface area contributed by atoms with Crippen LogP contribution in [0.25, 0.3) is 11.3 Å². The zero-order valence-corrected chi connectivity index (χ0v) is 9.01. The minimum absolute atomic E-state index is 0.0400. The molecule has 0 bridgehead atoms. The van der Waals surface area contributed by atoms with Crippen molar-refractivity contribution in [3.8, 4) is 11.3 Å². The molecule has 0 amide bonds. The van der Waals surface area contributed by atoms with Gasteiger partial charge in [0, 0.05) is 17.2 Å². The van der Waals surface area contributed by atoms with E-state index in [0.29, 0.717) is 28.8 Å². The number of benzene rings is 1. The summed E-state index contributed by atoms with van der Waals surface area (Å²) >= 11 is 0. The van der Waals surface area contributed by atoms with Crippen LogP contribution < -0.4 is 0 Å². The second kappa shape index (κ2) is 4.17. The van der Waals surface area contributed by atoms with Crippen molar-refractivity contribution in [2.75, 3.05) is 0 Å². The Labute approximate surface area is 96.4 Å². The Kier molecular flexibility index (Phi) is 2.70. The minimum atomic E-state index is -0.438. The predicted molar refractivity (Wildman–Crippen MR) is 60.8 cm³/mol. The average Bonchev–Trinajstić information content (AvgIpc) is 2.78. The normalized spacial score (nSPS) is 10.2. The van der Waals surface area contributed by atoms with E-state index in [2.05, 4.69) is 10.2 Å². The maximum absolute atomic E-state index is 10.8. The van der Waals surface area contributed by atoms with Crippen LogP contribution in [0.2, 0.25) is 0 Å². The number of aldehydes is 1. The second-order valence-corrected chi connectivity index (χ2v) is 3.58. The summed E-state index contributed by atoms with van der Waals surface area (Å²) in [7, 11) is 0. The number of aromatic nitrogens is 2. The van der Waals surface area contributed by atoms with Crippen LogP contribution >= 0.6 is 0 Å². The molecule has 6 nitrogen and oxygen atoms in total. The number of aryl methyl sites for hydroxylation is 1. The zero-order valence-electron chi connectivity index (χ0n) is 9.01. The molecule has 0 atom stereocenters. The SMILES string of the molecule is Cc1ccc(-c2cc(C=O)[nH]n2)cc1[N+](=O)[O-]. The number of nitro groups is 1. The number of nitrogens with zero attached hydrogens (tertiary/aromatic N) is 2. The van der Waals surface area contributed by atoms with Crippen molar-refractivity contribution in [3.05, 3.63) is 45.6 Å². The van der Waals surface area contributed by atoms with E-state index in [1.807, 2.05) is 0 Å². The fourth-order valence-electron chi connectivity index (χ4n) is 1.51. The lowest BCUT2D eigenvalue weighted by Gasteiger charge is -1.99. The second-order valence-electron chi connectivity index (χ2n) is 3.58. The number of nitrogens with one attached hydrogen (secondary N) is 1. The van der Waals surface area contributed by atoms with Crippen LogP contribution in [0, 0.1) is 17.0 Å². The van der Waals surface area contributed by atoms with E-state index in [0.717, 1.165) is 0 Å². The first-order valence-corrected chi connectivity index (χ1v) is 4.88. The highest BCUT2D eigenvalue weighted by atomic mass is 16.6. The Hall–Kier alpha value is -2.50. The third-order valence-electron chi connectivity index (χ3n) is 2.43.